The van der Waals surface area contributed by atoms with Crippen LogP contribution >= 0.6 is 35.0 Å². The van der Waals surface area contributed by atoms with E-state index < -0.39 is 12.7 Å². The number of hydrogen-bond acceptors (Lipinski definition) is 2. The van der Waals surface area contributed by atoms with Gasteiger partial charge in [-0.3, -0.25) is 4.90 Å². The second kappa shape index (κ2) is 8.43. The van der Waals surface area contributed by atoms with Crippen molar-refractivity contribution < 1.29 is 17.9 Å². The average molecular weight is 436 g/mol. The summed E-state index contributed by atoms with van der Waals surface area (Å²) >= 11 is 2.19. The molecule has 1 aliphatic rings. The molecular weight excluding hydrogens is 418 g/mol. The highest BCUT2D eigenvalue weighted by Gasteiger charge is 2.33. The van der Waals surface area contributed by atoms with Crippen molar-refractivity contribution in [3.63, 3.8) is 0 Å². The first-order valence-electron chi connectivity index (χ1n) is 6.60. The number of ether oxygens (including phenoxy) is 1. The van der Waals surface area contributed by atoms with E-state index in [-0.39, 0.29) is 18.3 Å². The Bertz CT molecular complexity index is 444. The van der Waals surface area contributed by atoms with Gasteiger partial charge in [0.2, 0.25) is 0 Å². The fraction of sp³-hybridized carbons (Fsp3) is 0.571. The molecule has 1 fully saturated rings. The van der Waals surface area contributed by atoms with Crippen molar-refractivity contribution >= 4 is 35.0 Å². The summed E-state index contributed by atoms with van der Waals surface area (Å²) in [6.45, 7) is 0.655. The Morgan fingerprint density at radius 2 is 2.00 bits per heavy atom. The number of hydrogen-bond donors (Lipinski definition) is 0. The van der Waals surface area contributed by atoms with Crippen LogP contribution in [0.1, 0.15) is 12.8 Å². The highest BCUT2D eigenvalue weighted by molar-refractivity contribution is 14.1. The van der Waals surface area contributed by atoms with Crippen molar-refractivity contribution in [3.05, 3.63) is 27.8 Å². The number of nitrogens with zero attached hydrogens (tertiary/aromatic N) is 1. The molecule has 0 bridgehead atoms. The summed E-state index contributed by atoms with van der Waals surface area (Å²) in [6, 6.07) is 7.67. The highest BCUT2D eigenvalue weighted by Crippen LogP contribution is 2.24. The lowest BCUT2D eigenvalue weighted by Gasteiger charge is -2.33. The van der Waals surface area contributed by atoms with Gasteiger partial charge in [-0.15, -0.1) is 12.4 Å². The predicted molar refractivity (Wildman–Crippen MR) is 87.1 cm³/mol. The fourth-order valence-corrected chi connectivity index (χ4v) is 3.00. The van der Waals surface area contributed by atoms with Crippen LogP contribution in [0.5, 0.6) is 5.75 Å². The van der Waals surface area contributed by atoms with Crippen LogP contribution in [0.4, 0.5) is 13.2 Å². The molecule has 1 saturated heterocycles. The van der Waals surface area contributed by atoms with E-state index in [1.54, 1.807) is 0 Å². The van der Waals surface area contributed by atoms with Gasteiger partial charge >= 0.3 is 6.18 Å². The van der Waals surface area contributed by atoms with Crippen LogP contribution in [-0.4, -0.2) is 37.3 Å². The Morgan fingerprint density at radius 1 is 1.29 bits per heavy atom. The maximum atomic E-state index is 12.4. The third-order valence-electron chi connectivity index (χ3n) is 3.32. The number of likely N-dealkylation sites (tertiary alicyclic amines) is 1. The van der Waals surface area contributed by atoms with Gasteiger partial charge < -0.3 is 4.74 Å². The van der Waals surface area contributed by atoms with Crippen molar-refractivity contribution in [2.24, 2.45) is 5.92 Å². The smallest absolute Gasteiger partial charge is 0.401 e. The SMILES string of the molecule is Cl.FC(F)(F)CN1CCC[C@H](COc2ccccc2I)C1. The van der Waals surface area contributed by atoms with Crippen LogP contribution in [0.2, 0.25) is 0 Å². The van der Waals surface area contributed by atoms with Crippen molar-refractivity contribution in [1.29, 1.82) is 0 Å². The summed E-state index contributed by atoms with van der Waals surface area (Å²) in [4.78, 5) is 1.48. The summed E-state index contributed by atoms with van der Waals surface area (Å²) in [5.74, 6) is 0.975. The zero-order valence-corrected chi connectivity index (χ0v) is 14.4. The minimum absolute atomic E-state index is 0. The highest BCUT2D eigenvalue weighted by atomic mass is 127. The minimum atomic E-state index is -4.11. The van der Waals surface area contributed by atoms with E-state index in [0.717, 1.165) is 22.2 Å². The van der Waals surface area contributed by atoms with Crippen LogP contribution < -0.4 is 4.74 Å². The molecule has 120 valence electrons. The topological polar surface area (TPSA) is 12.5 Å². The van der Waals surface area contributed by atoms with Crippen LogP contribution in [0.25, 0.3) is 0 Å². The molecule has 1 aliphatic heterocycles. The average Bonchev–Trinajstić information content (AvgIpc) is 2.36. The molecule has 0 N–H and O–H groups in total. The molecule has 1 aromatic carbocycles. The van der Waals surface area contributed by atoms with Gasteiger partial charge in [0.25, 0.3) is 0 Å². The van der Waals surface area contributed by atoms with E-state index in [4.69, 9.17) is 4.74 Å². The zero-order chi connectivity index (χ0) is 14.6. The van der Waals surface area contributed by atoms with Crippen LogP contribution in [0.3, 0.4) is 0 Å². The lowest BCUT2D eigenvalue weighted by atomic mass is 9.99. The summed E-state index contributed by atoms with van der Waals surface area (Å²) in [5, 5.41) is 0. The zero-order valence-electron chi connectivity index (χ0n) is 11.4. The van der Waals surface area contributed by atoms with Gasteiger partial charge in [0.1, 0.15) is 5.75 Å². The van der Waals surface area contributed by atoms with Gasteiger partial charge in [0.05, 0.1) is 16.7 Å². The molecule has 0 aromatic heterocycles. The molecule has 1 aromatic rings. The second-order valence-electron chi connectivity index (χ2n) is 5.10. The largest absolute Gasteiger partial charge is 0.492 e. The van der Waals surface area contributed by atoms with Crippen LogP contribution in [0.15, 0.2) is 24.3 Å². The molecule has 7 heteroatoms. The second-order valence-corrected chi connectivity index (χ2v) is 6.26. The van der Waals surface area contributed by atoms with Crippen molar-refractivity contribution in [3.8, 4) is 5.75 Å². The first kappa shape index (κ1) is 18.8. The Hall–Kier alpha value is -0.210. The number of alkyl halides is 3. The number of piperidine rings is 1. The van der Waals surface area contributed by atoms with Crippen molar-refractivity contribution in [2.45, 2.75) is 19.0 Å². The maximum absolute atomic E-state index is 12.4. The van der Waals surface area contributed by atoms with E-state index in [9.17, 15) is 13.2 Å². The molecule has 2 nitrogen and oxygen atoms in total. The third-order valence-corrected chi connectivity index (χ3v) is 4.21. The number of benzene rings is 1. The van der Waals surface area contributed by atoms with Crippen molar-refractivity contribution in [2.75, 3.05) is 26.2 Å². The van der Waals surface area contributed by atoms with Gasteiger partial charge in [-0.05, 0) is 54.1 Å². The minimum Gasteiger partial charge on any atom is -0.492 e. The fourth-order valence-electron chi connectivity index (χ4n) is 2.45. The number of rotatable bonds is 4. The van der Waals surface area contributed by atoms with E-state index in [0.29, 0.717) is 19.7 Å². The summed E-state index contributed by atoms with van der Waals surface area (Å²) in [6.07, 6.45) is -2.38. The van der Waals surface area contributed by atoms with Gasteiger partial charge in [0.15, 0.2) is 0 Å². The first-order valence-corrected chi connectivity index (χ1v) is 7.68. The quantitative estimate of drug-likeness (QED) is 0.652. The predicted octanol–water partition coefficient (Wildman–Crippen LogP) is 4.37. The van der Waals surface area contributed by atoms with E-state index in [1.807, 2.05) is 24.3 Å². The molecule has 1 heterocycles. The van der Waals surface area contributed by atoms with E-state index in [1.165, 1.54) is 4.90 Å². The Morgan fingerprint density at radius 3 is 2.67 bits per heavy atom. The molecule has 0 aliphatic carbocycles. The molecular formula is C14H18ClF3INO. The van der Waals surface area contributed by atoms with Gasteiger partial charge in [0, 0.05) is 12.5 Å². The molecule has 0 amide bonds. The normalized spacial score (nSPS) is 19.9. The molecule has 0 saturated carbocycles. The Balaban J connectivity index is 0.00000220. The van der Waals surface area contributed by atoms with E-state index in [2.05, 4.69) is 22.6 Å². The first-order chi connectivity index (χ1) is 9.44. The number of halogens is 5. The molecule has 2 rings (SSSR count). The van der Waals surface area contributed by atoms with Crippen molar-refractivity contribution in [1.82, 2.24) is 4.90 Å². The van der Waals surface area contributed by atoms with Crippen LogP contribution in [-0.2, 0) is 0 Å². The lowest BCUT2D eigenvalue weighted by Crippen LogP contribution is -2.42. The Labute approximate surface area is 142 Å². The monoisotopic (exact) mass is 435 g/mol. The molecule has 0 radical (unpaired) electrons. The molecule has 0 spiro atoms. The summed E-state index contributed by atoms with van der Waals surface area (Å²) in [7, 11) is 0. The maximum Gasteiger partial charge on any atom is 0.401 e. The van der Waals surface area contributed by atoms with Gasteiger partial charge in [-0.2, -0.15) is 13.2 Å². The summed E-state index contributed by atoms with van der Waals surface area (Å²) < 4.78 is 44.0. The van der Waals surface area contributed by atoms with Gasteiger partial charge in [-0.25, -0.2) is 0 Å². The summed E-state index contributed by atoms with van der Waals surface area (Å²) in [5.41, 5.74) is 0. The Kier molecular flexibility index (Phi) is 7.56. The third kappa shape index (κ3) is 6.61. The van der Waals surface area contributed by atoms with Crippen LogP contribution in [0, 0.1) is 9.49 Å². The lowest BCUT2D eigenvalue weighted by molar-refractivity contribution is -0.149. The van der Waals surface area contributed by atoms with E-state index >= 15 is 0 Å². The number of para-hydroxylation sites is 1. The van der Waals surface area contributed by atoms with Gasteiger partial charge in [-0.1, -0.05) is 12.1 Å². The molecule has 1 atom stereocenters. The molecule has 21 heavy (non-hydrogen) atoms. The standard InChI is InChI=1S/C14H17F3INO.ClH/c15-14(16,17)10-19-7-3-4-11(8-19)9-20-13-6-2-1-5-12(13)18;/h1-2,5-6,11H,3-4,7-10H2;1H/t11-;/m0./s1. The molecule has 0 unspecified atom stereocenters.